The van der Waals surface area contributed by atoms with Crippen molar-refractivity contribution in [3.05, 3.63) is 71.6 Å². The van der Waals surface area contributed by atoms with Gasteiger partial charge in [-0.1, -0.05) is 0 Å². The number of imidazole rings is 1. The van der Waals surface area contributed by atoms with Crippen LogP contribution in [0.2, 0.25) is 0 Å². The van der Waals surface area contributed by atoms with E-state index >= 15 is 0 Å². The van der Waals surface area contributed by atoms with E-state index in [1.165, 1.54) is 19.2 Å². The number of anilines is 1. The summed E-state index contributed by atoms with van der Waals surface area (Å²) in [6, 6.07) is 10.6. The van der Waals surface area contributed by atoms with Gasteiger partial charge in [-0.15, -0.1) is 0 Å². The van der Waals surface area contributed by atoms with Gasteiger partial charge in [-0.05, 0) is 43.2 Å². The second-order valence-electron chi connectivity index (χ2n) is 8.40. The Morgan fingerprint density at radius 3 is 2.89 bits per heavy atom. The largest absolute Gasteiger partial charge is 0.495 e. The van der Waals surface area contributed by atoms with Gasteiger partial charge >= 0.3 is 0 Å². The molecule has 1 atom stereocenters. The van der Waals surface area contributed by atoms with Crippen LogP contribution < -0.4 is 9.64 Å². The Labute approximate surface area is 198 Å². The van der Waals surface area contributed by atoms with Crippen LogP contribution in [0.1, 0.15) is 30.0 Å². The molecule has 3 aromatic heterocycles. The average Bonchev–Trinajstić information content (AvgIpc) is 3.61. The Hall–Kier alpha value is -4.52. The minimum absolute atomic E-state index is 0.310. The highest BCUT2D eigenvalue weighted by Crippen LogP contribution is 2.37. The summed E-state index contributed by atoms with van der Waals surface area (Å²) in [6.45, 7) is 0.675. The molecule has 0 spiro atoms. The van der Waals surface area contributed by atoms with Gasteiger partial charge in [-0.25, -0.2) is 23.3 Å². The van der Waals surface area contributed by atoms with Crippen LogP contribution in [0.3, 0.4) is 0 Å². The quantitative estimate of drug-likeness (QED) is 0.406. The smallest absolute Gasteiger partial charge is 0.168 e. The molecule has 4 heterocycles. The Kier molecular flexibility index (Phi) is 4.84. The number of hydrogen-bond donors (Lipinski definition) is 1. The van der Waals surface area contributed by atoms with Crippen molar-refractivity contribution in [3.63, 3.8) is 0 Å². The SMILES string of the molecule is COc1cc2nc(-c3cnn4ccc(N5CCC[C@H]5c5cc(F)ccc5F)nc34)[nH]c2cc1C#N. The van der Waals surface area contributed by atoms with Gasteiger partial charge in [0.15, 0.2) is 5.65 Å². The Morgan fingerprint density at radius 2 is 2.06 bits per heavy atom. The van der Waals surface area contributed by atoms with Gasteiger partial charge < -0.3 is 14.6 Å². The maximum Gasteiger partial charge on any atom is 0.168 e. The van der Waals surface area contributed by atoms with Crippen LogP contribution in [-0.4, -0.2) is 38.2 Å². The standard InChI is InChI=1S/C25H19F2N7O/c1-35-22-11-20-19(9-14(22)12-28)30-24(31-20)17-13-29-34-8-6-23(32-25(17)34)33-7-2-3-21(33)16-10-15(26)4-5-18(16)27/h4-6,8-11,13,21H,2-3,7H2,1H3,(H,30,31)/t21-/m0/s1. The normalized spacial score (nSPS) is 15.7. The lowest BCUT2D eigenvalue weighted by Crippen LogP contribution is -2.24. The molecule has 5 aromatic rings. The Balaban J connectivity index is 1.42. The van der Waals surface area contributed by atoms with Crippen LogP contribution in [0.15, 0.2) is 48.8 Å². The van der Waals surface area contributed by atoms with E-state index < -0.39 is 11.6 Å². The summed E-state index contributed by atoms with van der Waals surface area (Å²) in [5.74, 6) is 0.753. The zero-order valence-electron chi connectivity index (χ0n) is 18.7. The fraction of sp³-hybridized carbons (Fsp3) is 0.200. The molecule has 0 amide bonds. The van der Waals surface area contributed by atoms with Gasteiger partial charge in [0.05, 0.1) is 41.5 Å². The lowest BCUT2D eigenvalue weighted by atomic mass is 10.0. The van der Waals surface area contributed by atoms with Gasteiger partial charge in [0.2, 0.25) is 0 Å². The minimum Gasteiger partial charge on any atom is -0.495 e. The molecule has 0 saturated carbocycles. The summed E-state index contributed by atoms with van der Waals surface area (Å²) in [4.78, 5) is 14.7. The van der Waals surface area contributed by atoms with E-state index in [-0.39, 0.29) is 6.04 Å². The van der Waals surface area contributed by atoms with Crippen LogP contribution in [0.25, 0.3) is 28.1 Å². The average molecular weight is 471 g/mol. The monoisotopic (exact) mass is 471 g/mol. The summed E-state index contributed by atoms with van der Waals surface area (Å²) in [6.07, 6.45) is 5.00. The van der Waals surface area contributed by atoms with E-state index in [0.29, 0.717) is 63.7 Å². The minimum atomic E-state index is -0.462. The van der Waals surface area contributed by atoms with Gasteiger partial charge in [-0.3, -0.25) is 0 Å². The number of aromatic amines is 1. The zero-order chi connectivity index (χ0) is 24.1. The van der Waals surface area contributed by atoms with E-state index in [1.54, 1.807) is 29.0 Å². The third-order valence-corrected chi connectivity index (χ3v) is 6.40. The topological polar surface area (TPSA) is 95.1 Å². The molecule has 174 valence electrons. The number of nitrogens with zero attached hydrogens (tertiary/aromatic N) is 6. The molecule has 1 aliphatic rings. The van der Waals surface area contributed by atoms with Crippen LogP contribution in [0, 0.1) is 23.0 Å². The van der Waals surface area contributed by atoms with E-state index in [0.717, 1.165) is 12.5 Å². The fourth-order valence-corrected chi connectivity index (χ4v) is 4.74. The summed E-state index contributed by atoms with van der Waals surface area (Å²) < 4.78 is 35.3. The van der Waals surface area contributed by atoms with Crippen LogP contribution in [0.5, 0.6) is 5.75 Å². The molecule has 10 heteroatoms. The predicted molar refractivity (Wildman–Crippen MR) is 125 cm³/mol. The van der Waals surface area contributed by atoms with Crippen LogP contribution >= 0.6 is 0 Å². The highest BCUT2D eigenvalue weighted by atomic mass is 19.1. The van der Waals surface area contributed by atoms with Crippen molar-refractivity contribution in [2.24, 2.45) is 0 Å². The molecule has 0 unspecified atom stereocenters. The van der Waals surface area contributed by atoms with Crippen molar-refractivity contribution in [1.82, 2.24) is 24.6 Å². The highest BCUT2D eigenvalue weighted by molar-refractivity contribution is 5.85. The summed E-state index contributed by atoms with van der Waals surface area (Å²) in [5, 5.41) is 13.8. The van der Waals surface area contributed by atoms with E-state index in [2.05, 4.69) is 21.1 Å². The molecule has 1 fully saturated rings. The molecular weight excluding hydrogens is 452 g/mol. The number of halogens is 2. The van der Waals surface area contributed by atoms with Crippen molar-refractivity contribution in [2.45, 2.75) is 18.9 Å². The number of fused-ring (bicyclic) bond motifs is 2. The highest BCUT2D eigenvalue weighted by Gasteiger charge is 2.30. The number of hydrogen-bond acceptors (Lipinski definition) is 6. The van der Waals surface area contributed by atoms with Crippen LogP contribution in [0.4, 0.5) is 14.6 Å². The third kappa shape index (κ3) is 3.44. The number of benzene rings is 2. The van der Waals surface area contributed by atoms with E-state index in [4.69, 9.17) is 9.72 Å². The van der Waals surface area contributed by atoms with E-state index in [9.17, 15) is 14.0 Å². The molecule has 1 saturated heterocycles. The fourth-order valence-electron chi connectivity index (χ4n) is 4.74. The lowest BCUT2D eigenvalue weighted by Gasteiger charge is -2.26. The first kappa shape index (κ1) is 21.0. The maximum absolute atomic E-state index is 14.5. The molecule has 2 aromatic carbocycles. The Morgan fingerprint density at radius 1 is 1.17 bits per heavy atom. The van der Waals surface area contributed by atoms with Crippen molar-refractivity contribution in [2.75, 3.05) is 18.6 Å². The first-order valence-corrected chi connectivity index (χ1v) is 11.1. The molecule has 0 aliphatic carbocycles. The number of methoxy groups -OCH3 is 1. The van der Waals surface area contributed by atoms with Crippen molar-refractivity contribution in [3.8, 4) is 23.2 Å². The third-order valence-electron chi connectivity index (χ3n) is 6.40. The second kappa shape index (κ2) is 8.06. The molecule has 1 N–H and O–H groups in total. The van der Waals surface area contributed by atoms with Gasteiger partial charge in [0.1, 0.15) is 35.1 Å². The number of ether oxygens (including phenoxy) is 1. The summed E-state index contributed by atoms with van der Waals surface area (Å²) in [5.41, 5.74) is 3.31. The van der Waals surface area contributed by atoms with Crippen molar-refractivity contribution >= 4 is 22.5 Å². The predicted octanol–water partition coefficient (Wildman–Crippen LogP) is 4.77. The Bertz CT molecular complexity index is 1630. The number of nitrogens with one attached hydrogen (secondary N) is 1. The summed E-state index contributed by atoms with van der Waals surface area (Å²) in [7, 11) is 1.51. The lowest BCUT2D eigenvalue weighted by molar-refractivity contribution is 0.414. The van der Waals surface area contributed by atoms with Gasteiger partial charge in [-0.2, -0.15) is 10.4 Å². The first-order valence-electron chi connectivity index (χ1n) is 11.1. The second-order valence-corrected chi connectivity index (χ2v) is 8.40. The van der Waals surface area contributed by atoms with Gasteiger partial charge in [0, 0.05) is 24.4 Å². The molecule has 35 heavy (non-hydrogen) atoms. The summed E-state index contributed by atoms with van der Waals surface area (Å²) >= 11 is 0. The van der Waals surface area contributed by atoms with E-state index in [1.807, 2.05) is 11.0 Å². The molecule has 6 rings (SSSR count). The molecular formula is C25H19F2N7O. The molecule has 8 nitrogen and oxygen atoms in total. The number of aromatic nitrogens is 5. The number of H-pyrrole nitrogens is 1. The maximum atomic E-state index is 14.5. The van der Waals surface area contributed by atoms with Crippen molar-refractivity contribution in [1.29, 1.82) is 5.26 Å². The molecule has 1 aliphatic heterocycles. The first-order chi connectivity index (χ1) is 17.1. The molecule has 0 radical (unpaired) electrons. The number of nitriles is 1. The van der Waals surface area contributed by atoms with Gasteiger partial charge in [0.25, 0.3) is 0 Å². The molecule has 0 bridgehead atoms. The zero-order valence-corrected chi connectivity index (χ0v) is 18.7. The van der Waals surface area contributed by atoms with Crippen molar-refractivity contribution < 1.29 is 13.5 Å². The number of rotatable bonds is 4. The van der Waals surface area contributed by atoms with Crippen LogP contribution in [-0.2, 0) is 0 Å².